The summed E-state index contributed by atoms with van der Waals surface area (Å²) in [6.45, 7) is 0.690. The van der Waals surface area contributed by atoms with E-state index in [1.807, 2.05) is 0 Å². The molecule has 1 N–H and O–H groups in total. The van der Waals surface area contributed by atoms with Crippen molar-refractivity contribution in [3.63, 3.8) is 0 Å². The Balaban J connectivity index is 1.86. The van der Waals surface area contributed by atoms with Gasteiger partial charge < -0.3 is 19.5 Å². The van der Waals surface area contributed by atoms with Crippen LogP contribution in [0.5, 0.6) is 11.5 Å². The van der Waals surface area contributed by atoms with E-state index in [-0.39, 0.29) is 23.3 Å². The number of rotatable bonds is 9. The molecule has 1 heterocycles. The van der Waals surface area contributed by atoms with Gasteiger partial charge in [0.05, 0.1) is 30.9 Å². The van der Waals surface area contributed by atoms with Crippen molar-refractivity contribution in [1.82, 2.24) is 5.32 Å². The molecule has 162 valence electrons. The average Bonchev–Trinajstić information content (AvgIpc) is 3.29. The van der Waals surface area contributed by atoms with E-state index in [0.29, 0.717) is 24.6 Å². The molecule has 1 fully saturated rings. The smallest absolute Gasteiger partial charge is 0.264 e. The number of nitrogens with zero attached hydrogens (tertiary/aromatic N) is 1. The fourth-order valence-electron chi connectivity index (χ4n) is 3.23. The predicted molar refractivity (Wildman–Crippen MR) is 113 cm³/mol. The summed E-state index contributed by atoms with van der Waals surface area (Å²) in [4.78, 5) is 12.6. The second-order valence-electron chi connectivity index (χ2n) is 6.80. The van der Waals surface area contributed by atoms with E-state index in [2.05, 4.69) is 5.32 Å². The van der Waals surface area contributed by atoms with Gasteiger partial charge in [-0.3, -0.25) is 9.10 Å². The first-order valence-corrected chi connectivity index (χ1v) is 11.1. The minimum atomic E-state index is -4.04. The third kappa shape index (κ3) is 5.03. The molecule has 0 aromatic heterocycles. The number of hydrogen-bond donors (Lipinski definition) is 1. The van der Waals surface area contributed by atoms with Crippen LogP contribution < -0.4 is 19.1 Å². The first kappa shape index (κ1) is 21.9. The van der Waals surface area contributed by atoms with E-state index in [1.165, 1.54) is 32.4 Å². The van der Waals surface area contributed by atoms with Gasteiger partial charge in [0, 0.05) is 19.2 Å². The number of benzene rings is 2. The van der Waals surface area contributed by atoms with Crippen LogP contribution in [0.4, 0.5) is 5.69 Å². The molecule has 0 spiro atoms. The first-order chi connectivity index (χ1) is 14.5. The molecule has 8 nitrogen and oxygen atoms in total. The van der Waals surface area contributed by atoms with Crippen LogP contribution in [0.25, 0.3) is 0 Å². The maximum absolute atomic E-state index is 13.4. The Morgan fingerprint density at radius 1 is 1.13 bits per heavy atom. The molecule has 9 heteroatoms. The molecule has 2 aromatic carbocycles. The minimum absolute atomic E-state index is 0.00377. The van der Waals surface area contributed by atoms with Crippen LogP contribution in [0, 0.1) is 0 Å². The fourth-order valence-corrected chi connectivity index (χ4v) is 4.67. The standard InChI is InChI=1S/C21H26N2O6S/c1-27-19-11-10-18(13-20(19)28-2)30(25,26)23(16-7-4-3-5-8-16)15-21(24)22-14-17-9-6-12-29-17/h3-5,7-8,10-11,13,17H,6,9,12,14-15H2,1-2H3,(H,22,24)/t17-/m0/s1. The van der Waals surface area contributed by atoms with Gasteiger partial charge in [-0.2, -0.15) is 0 Å². The summed E-state index contributed by atoms with van der Waals surface area (Å²) in [5, 5.41) is 2.77. The Kier molecular flexibility index (Phi) is 7.17. The molecule has 0 saturated carbocycles. The van der Waals surface area contributed by atoms with E-state index in [0.717, 1.165) is 17.1 Å². The number of sulfonamides is 1. The highest BCUT2D eigenvalue weighted by Gasteiger charge is 2.28. The van der Waals surface area contributed by atoms with Gasteiger partial charge in [-0.05, 0) is 37.1 Å². The third-order valence-electron chi connectivity index (χ3n) is 4.83. The number of methoxy groups -OCH3 is 2. The Morgan fingerprint density at radius 3 is 2.50 bits per heavy atom. The molecule has 0 bridgehead atoms. The third-order valence-corrected chi connectivity index (χ3v) is 6.60. The fraction of sp³-hybridized carbons (Fsp3) is 0.381. The van der Waals surface area contributed by atoms with Gasteiger partial charge in [0.15, 0.2) is 11.5 Å². The van der Waals surface area contributed by atoms with Crippen molar-refractivity contribution in [1.29, 1.82) is 0 Å². The quantitative estimate of drug-likeness (QED) is 0.650. The van der Waals surface area contributed by atoms with Gasteiger partial charge in [0.25, 0.3) is 10.0 Å². The maximum atomic E-state index is 13.4. The van der Waals surface area contributed by atoms with Crippen LogP contribution in [-0.2, 0) is 19.6 Å². The second kappa shape index (κ2) is 9.82. The highest BCUT2D eigenvalue weighted by molar-refractivity contribution is 7.92. The molecule has 1 aliphatic heterocycles. The average molecular weight is 435 g/mol. The Labute approximate surface area is 176 Å². The van der Waals surface area contributed by atoms with Crippen LogP contribution in [-0.4, -0.2) is 54.3 Å². The van der Waals surface area contributed by atoms with Crippen molar-refractivity contribution >= 4 is 21.6 Å². The van der Waals surface area contributed by atoms with Gasteiger partial charge in [-0.25, -0.2) is 8.42 Å². The first-order valence-electron chi connectivity index (χ1n) is 9.64. The van der Waals surface area contributed by atoms with Crippen molar-refractivity contribution in [2.75, 3.05) is 38.2 Å². The predicted octanol–water partition coefficient (Wildman–Crippen LogP) is 2.19. The van der Waals surface area contributed by atoms with Gasteiger partial charge >= 0.3 is 0 Å². The number of hydrogen-bond acceptors (Lipinski definition) is 6. The highest BCUT2D eigenvalue weighted by atomic mass is 32.2. The monoisotopic (exact) mass is 434 g/mol. The number of anilines is 1. The van der Waals surface area contributed by atoms with Crippen LogP contribution in [0.1, 0.15) is 12.8 Å². The molecule has 1 amide bonds. The van der Waals surface area contributed by atoms with E-state index in [4.69, 9.17) is 14.2 Å². The molecule has 0 aliphatic carbocycles. The number of amides is 1. The summed E-state index contributed by atoms with van der Waals surface area (Å²) in [7, 11) is -1.13. The lowest BCUT2D eigenvalue weighted by Crippen LogP contribution is -2.42. The number of ether oxygens (including phenoxy) is 3. The SMILES string of the molecule is COc1ccc(S(=O)(=O)N(CC(=O)NC[C@@H]2CCCO2)c2ccccc2)cc1OC. The van der Waals surface area contributed by atoms with Crippen molar-refractivity contribution in [3.05, 3.63) is 48.5 Å². The zero-order chi connectivity index (χ0) is 21.6. The minimum Gasteiger partial charge on any atom is -0.493 e. The summed E-state index contributed by atoms with van der Waals surface area (Å²) in [6, 6.07) is 12.8. The highest BCUT2D eigenvalue weighted by Crippen LogP contribution is 2.32. The van der Waals surface area contributed by atoms with E-state index in [9.17, 15) is 13.2 Å². The number of carbonyl (C=O) groups is 1. The van der Waals surface area contributed by atoms with E-state index < -0.39 is 15.9 Å². The molecular weight excluding hydrogens is 408 g/mol. The molecular formula is C21H26N2O6S. The normalized spacial score (nSPS) is 16.1. The van der Waals surface area contributed by atoms with E-state index >= 15 is 0 Å². The summed E-state index contributed by atoms with van der Waals surface area (Å²) < 4.78 is 43.8. The van der Waals surface area contributed by atoms with Crippen LogP contribution in [0.3, 0.4) is 0 Å². The van der Waals surface area contributed by atoms with Crippen molar-refractivity contribution in [2.24, 2.45) is 0 Å². The lowest BCUT2D eigenvalue weighted by atomic mass is 10.2. The van der Waals surface area contributed by atoms with Gasteiger partial charge in [0.1, 0.15) is 6.54 Å². The molecule has 0 radical (unpaired) electrons. The molecule has 30 heavy (non-hydrogen) atoms. The topological polar surface area (TPSA) is 94.2 Å². The molecule has 3 rings (SSSR count). The molecule has 0 unspecified atom stereocenters. The van der Waals surface area contributed by atoms with Gasteiger partial charge in [-0.1, -0.05) is 18.2 Å². The van der Waals surface area contributed by atoms with E-state index in [1.54, 1.807) is 30.3 Å². The van der Waals surface area contributed by atoms with Gasteiger partial charge in [0.2, 0.25) is 5.91 Å². The Morgan fingerprint density at radius 2 is 1.87 bits per heavy atom. The summed E-state index contributed by atoms with van der Waals surface area (Å²) in [6.07, 6.45) is 1.82. The zero-order valence-corrected chi connectivity index (χ0v) is 17.9. The van der Waals surface area contributed by atoms with Crippen molar-refractivity contribution in [2.45, 2.75) is 23.8 Å². The Hall–Kier alpha value is -2.78. The summed E-state index contributed by atoms with van der Waals surface area (Å²) >= 11 is 0. The summed E-state index contributed by atoms with van der Waals surface area (Å²) in [5.41, 5.74) is 0.388. The zero-order valence-electron chi connectivity index (χ0n) is 17.0. The summed E-state index contributed by atoms with van der Waals surface area (Å²) in [5.74, 6) is 0.296. The molecule has 1 aliphatic rings. The van der Waals surface area contributed by atoms with Crippen molar-refractivity contribution < 1.29 is 27.4 Å². The number of para-hydroxylation sites is 1. The van der Waals surface area contributed by atoms with Crippen LogP contribution in [0.2, 0.25) is 0 Å². The Bertz CT molecular complexity index is 959. The van der Waals surface area contributed by atoms with Crippen LogP contribution in [0.15, 0.2) is 53.4 Å². The second-order valence-corrected chi connectivity index (χ2v) is 8.67. The number of nitrogens with one attached hydrogen (secondary N) is 1. The van der Waals surface area contributed by atoms with Crippen LogP contribution >= 0.6 is 0 Å². The molecule has 1 saturated heterocycles. The lowest BCUT2D eigenvalue weighted by molar-refractivity contribution is -0.120. The lowest BCUT2D eigenvalue weighted by Gasteiger charge is -2.24. The van der Waals surface area contributed by atoms with Gasteiger partial charge in [-0.15, -0.1) is 0 Å². The molecule has 1 atom stereocenters. The largest absolute Gasteiger partial charge is 0.493 e. The number of carbonyl (C=O) groups excluding carboxylic acids is 1. The maximum Gasteiger partial charge on any atom is 0.264 e. The molecule has 2 aromatic rings. The van der Waals surface area contributed by atoms with Crippen molar-refractivity contribution in [3.8, 4) is 11.5 Å².